The topological polar surface area (TPSA) is 87.6 Å². The van der Waals surface area contributed by atoms with Crippen LogP contribution in [0.2, 0.25) is 0 Å². The van der Waals surface area contributed by atoms with E-state index in [1.807, 2.05) is 6.92 Å². The van der Waals surface area contributed by atoms with Gasteiger partial charge >= 0.3 is 5.97 Å². The minimum Gasteiger partial charge on any atom is -0.480 e. The van der Waals surface area contributed by atoms with Gasteiger partial charge in [0.05, 0.1) is 11.2 Å². The van der Waals surface area contributed by atoms with Gasteiger partial charge in [0.15, 0.2) is 4.21 Å². The third-order valence-corrected chi connectivity index (χ3v) is 5.24. The zero-order valence-corrected chi connectivity index (χ0v) is 10.5. The Bertz CT molecular complexity index is 480. The molecule has 0 aliphatic rings. The van der Waals surface area contributed by atoms with E-state index in [-0.39, 0.29) is 4.21 Å². The molecule has 16 heavy (non-hydrogen) atoms. The Morgan fingerprint density at radius 1 is 1.62 bits per heavy atom. The maximum atomic E-state index is 11.8. The molecule has 1 N–H and O–H groups in total. The summed E-state index contributed by atoms with van der Waals surface area (Å²) in [7, 11) is -2.48. The highest BCUT2D eigenvalue weighted by atomic mass is 32.2. The van der Waals surface area contributed by atoms with Gasteiger partial charge in [0, 0.05) is 7.05 Å². The van der Waals surface area contributed by atoms with Gasteiger partial charge in [-0.3, -0.25) is 4.79 Å². The number of carboxylic acid groups (broad SMARTS) is 1. The summed E-state index contributed by atoms with van der Waals surface area (Å²) in [4.78, 5) is 14.4. The highest BCUT2D eigenvalue weighted by molar-refractivity contribution is 7.91. The van der Waals surface area contributed by atoms with Gasteiger partial charge in [-0.25, -0.2) is 13.4 Å². The lowest BCUT2D eigenvalue weighted by atomic mass is 10.5. The smallest absolute Gasteiger partial charge is 0.318 e. The lowest BCUT2D eigenvalue weighted by molar-refractivity contribution is -0.137. The van der Waals surface area contributed by atoms with E-state index < -0.39 is 22.5 Å². The van der Waals surface area contributed by atoms with Crippen LogP contribution in [0.5, 0.6) is 0 Å². The summed E-state index contributed by atoms with van der Waals surface area (Å²) < 4.78 is 24.5. The van der Waals surface area contributed by atoms with E-state index in [0.717, 1.165) is 15.6 Å². The van der Waals surface area contributed by atoms with Crippen LogP contribution in [0, 0.1) is 0 Å². The van der Waals surface area contributed by atoms with Gasteiger partial charge < -0.3 is 5.11 Å². The minimum atomic E-state index is -3.71. The fourth-order valence-electron chi connectivity index (χ4n) is 1.01. The van der Waals surface area contributed by atoms with Gasteiger partial charge in [0.1, 0.15) is 6.54 Å². The number of hydrogen-bond acceptors (Lipinski definition) is 5. The molecule has 0 aliphatic carbocycles. The number of aromatic nitrogens is 1. The van der Waals surface area contributed by atoms with Crippen LogP contribution in [0.1, 0.15) is 11.9 Å². The normalized spacial score (nSPS) is 11.9. The second-order valence-electron chi connectivity index (χ2n) is 3.08. The number of carbonyl (C=O) groups is 1. The molecule has 1 aromatic heterocycles. The largest absolute Gasteiger partial charge is 0.480 e. The number of rotatable bonds is 5. The predicted molar refractivity (Wildman–Crippen MR) is 58.9 cm³/mol. The van der Waals surface area contributed by atoms with Crippen molar-refractivity contribution in [1.82, 2.24) is 9.29 Å². The quantitative estimate of drug-likeness (QED) is 0.832. The molecule has 8 heteroatoms. The molecule has 1 rings (SSSR count). The van der Waals surface area contributed by atoms with Crippen LogP contribution < -0.4 is 0 Å². The molecule has 0 saturated heterocycles. The highest BCUT2D eigenvalue weighted by Crippen LogP contribution is 2.21. The fourth-order valence-corrected chi connectivity index (χ4v) is 3.46. The summed E-state index contributed by atoms with van der Waals surface area (Å²) in [6.45, 7) is 1.32. The molecule has 6 nitrogen and oxygen atoms in total. The number of nitrogens with zero attached hydrogens (tertiary/aromatic N) is 2. The summed E-state index contributed by atoms with van der Waals surface area (Å²) in [6.07, 6.45) is 1.92. The molecule has 1 heterocycles. The number of carboxylic acids is 1. The fraction of sp³-hybridized carbons (Fsp3) is 0.500. The van der Waals surface area contributed by atoms with Crippen molar-refractivity contribution in [1.29, 1.82) is 0 Å². The SMILES string of the molecule is CCc1ncc(S(=O)(=O)N(C)CC(=O)O)s1. The number of hydrogen-bond donors (Lipinski definition) is 1. The summed E-state index contributed by atoms with van der Waals surface area (Å²) in [5.74, 6) is -1.19. The molecule has 0 atom stereocenters. The van der Waals surface area contributed by atoms with E-state index in [1.165, 1.54) is 13.2 Å². The van der Waals surface area contributed by atoms with Crippen molar-refractivity contribution < 1.29 is 18.3 Å². The Labute approximate surface area is 97.6 Å². The van der Waals surface area contributed by atoms with E-state index in [0.29, 0.717) is 11.4 Å². The highest BCUT2D eigenvalue weighted by Gasteiger charge is 2.24. The molecule has 0 spiro atoms. The summed E-state index contributed by atoms with van der Waals surface area (Å²) in [6, 6.07) is 0. The van der Waals surface area contributed by atoms with Crippen molar-refractivity contribution in [2.45, 2.75) is 17.6 Å². The van der Waals surface area contributed by atoms with Crippen molar-refractivity contribution in [2.24, 2.45) is 0 Å². The van der Waals surface area contributed by atoms with Crippen molar-refractivity contribution in [3.05, 3.63) is 11.2 Å². The van der Waals surface area contributed by atoms with Crippen LogP contribution in [0.25, 0.3) is 0 Å². The molecule has 1 aromatic rings. The molecule has 0 aliphatic heterocycles. The van der Waals surface area contributed by atoms with Gasteiger partial charge in [0.2, 0.25) is 0 Å². The third kappa shape index (κ3) is 2.77. The first-order valence-electron chi connectivity index (χ1n) is 4.50. The second kappa shape index (κ2) is 4.89. The lowest BCUT2D eigenvalue weighted by Gasteiger charge is -2.12. The maximum Gasteiger partial charge on any atom is 0.318 e. The van der Waals surface area contributed by atoms with Crippen molar-refractivity contribution >= 4 is 27.3 Å². The van der Waals surface area contributed by atoms with E-state index in [4.69, 9.17) is 5.11 Å². The Kier molecular flexibility index (Phi) is 4.00. The van der Waals surface area contributed by atoms with Crippen molar-refractivity contribution in [3.8, 4) is 0 Å². The first kappa shape index (κ1) is 13.1. The van der Waals surface area contributed by atoms with Gasteiger partial charge in [-0.2, -0.15) is 4.31 Å². The molecule has 0 amide bonds. The van der Waals surface area contributed by atoms with E-state index in [1.54, 1.807) is 0 Å². The van der Waals surface area contributed by atoms with Gasteiger partial charge in [-0.15, -0.1) is 11.3 Å². The molecular weight excluding hydrogens is 252 g/mol. The third-order valence-electron chi connectivity index (χ3n) is 1.86. The minimum absolute atomic E-state index is 0.0769. The summed E-state index contributed by atoms with van der Waals surface area (Å²) in [5, 5.41) is 9.24. The molecule has 0 radical (unpaired) electrons. The number of sulfonamides is 1. The Hall–Kier alpha value is -0.990. The molecule has 0 fully saturated rings. The van der Waals surface area contributed by atoms with Crippen LogP contribution in [-0.2, 0) is 21.2 Å². The molecule has 0 saturated carbocycles. The first-order chi connectivity index (χ1) is 7.37. The number of likely N-dealkylation sites (N-methyl/N-ethyl adjacent to an activating group) is 1. The maximum absolute atomic E-state index is 11.8. The first-order valence-corrected chi connectivity index (χ1v) is 6.76. The summed E-state index contributed by atoms with van der Waals surface area (Å²) in [5.41, 5.74) is 0. The zero-order chi connectivity index (χ0) is 12.3. The number of aliphatic carboxylic acids is 1. The van der Waals surface area contributed by atoms with Crippen LogP contribution in [0.3, 0.4) is 0 Å². The van der Waals surface area contributed by atoms with E-state index >= 15 is 0 Å². The van der Waals surface area contributed by atoms with Crippen molar-refractivity contribution in [2.75, 3.05) is 13.6 Å². The zero-order valence-electron chi connectivity index (χ0n) is 8.87. The summed E-state index contributed by atoms with van der Waals surface area (Å²) >= 11 is 1.06. The molecule has 0 bridgehead atoms. The average molecular weight is 264 g/mol. The lowest BCUT2D eigenvalue weighted by Crippen LogP contribution is -2.31. The van der Waals surface area contributed by atoms with E-state index in [2.05, 4.69) is 4.98 Å². The molecular formula is C8H12N2O4S2. The van der Waals surface area contributed by atoms with Crippen LogP contribution in [0.15, 0.2) is 10.4 Å². The van der Waals surface area contributed by atoms with Crippen LogP contribution in [-0.4, -0.2) is 42.4 Å². The molecule has 0 aromatic carbocycles. The average Bonchev–Trinajstić information content (AvgIpc) is 2.65. The Morgan fingerprint density at radius 3 is 2.69 bits per heavy atom. The second-order valence-corrected chi connectivity index (χ2v) is 6.47. The monoisotopic (exact) mass is 264 g/mol. The van der Waals surface area contributed by atoms with Gasteiger partial charge in [0.25, 0.3) is 10.0 Å². The van der Waals surface area contributed by atoms with Crippen LogP contribution >= 0.6 is 11.3 Å². The van der Waals surface area contributed by atoms with Gasteiger partial charge in [-0.05, 0) is 6.42 Å². The number of thiazole rings is 1. The molecule has 90 valence electrons. The standard InChI is InChI=1S/C8H12N2O4S2/c1-3-6-9-4-8(15-6)16(13,14)10(2)5-7(11)12/h4H,3,5H2,1-2H3,(H,11,12). The Morgan fingerprint density at radius 2 is 2.25 bits per heavy atom. The van der Waals surface area contributed by atoms with Gasteiger partial charge in [-0.1, -0.05) is 6.92 Å². The van der Waals surface area contributed by atoms with E-state index in [9.17, 15) is 13.2 Å². The van der Waals surface area contributed by atoms with Crippen molar-refractivity contribution in [3.63, 3.8) is 0 Å². The van der Waals surface area contributed by atoms with Crippen LogP contribution in [0.4, 0.5) is 0 Å². The molecule has 0 unspecified atom stereocenters. The number of aryl methyl sites for hydroxylation is 1. The Balaban J connectivity index is 2.97. The predicted octanol–water partition coefficient (Wildman–Crippen LogP) is 0.411.